The van der Waals surface area contributed by atoms with Gasteiger partial charge in [0.25, 0.3) is 0 Å². The van der Waals surface area contributed by atoms with Gasteiger partial charge in [-0.2, -0.15) is 0 Å². The van der Waals surface area contributed by atoms with E-state index in [1.165, 1.54) is 0 Å². The summed E-state index contributed by atoms with van der Waals surface area (Å²) in [5.41, 5.74) is 4.18. The molecular formula is C34H30ClN3O. The number of aliphatic imine (C=N–C) groups is 2. The van der Waals surface area contributed by atoms with E-state index >= 15 is 0 Å². The van der Waals surface area contributed by atoms with E-state index in [2.05, 4.69) is 73.8 Å². The number of fused-ring (bicyclic) bond motifs is 1. The predicted octanol–water partition coefficient (Wildman–Crippen LogP) is 8.34. The minimum atomic E-state index is -0.870. The topological polar surface area (TPSA) is 46.0 Å². The lowest BCUT2D eigenvalue weighted by Crippen LogP contribution is -2.39. The van der Waals surface area contributed by atoms with Gasteiger partial charge in [0, 0.05) is 16.6 Å². The van der Waals surface area contributed by atoms with Crippen LogP contribution in [0.2, 0.25) is 5.02 Å². The maximum atomic E-state index is 6.72. The van der Waals surface area contributed by atoms with Crippen molar-refractivity contribution in [2.45, 2.75) is 31.3 Å². The Morgan fingerprint density at radius 3 is 2.05 bits per heavy atom. The number of ether oxygens (including phenoxy) is 1. The van der Waals surface area contributed by atoms with Gasteiger partial charge >= 0.3 is 0 Å². The molecule has 0 aliphatic carbocycles. The van der Waals surface area contributed by atoms with Gasteiger partial charge in [-0.1, -0.05) is 116 Å². The fourth-order valence-electron chi connectivity index (χ4n) is 5.36. The number of anilines is 1. The van der Waals surface area contributed by atoms with Gasteiger partial charge in [-0.05, 0) is 52.9 Å². The molecule has 5 heteroatoms. The van der Waals surface area contributed by atoms with Crippen LogP contribution in [0.25, 0.3) is 5.70 Å². The van der Waals surface area contributed by atoms with Crippen LogP contribution in [0.15, 0.2) is 131 Å². The molecule has 0 saturated heterocycles. The molecule has 0 radical (unpaired) electrons. The van der Waals surface area contributed by atoms with Crippen molar-refractivity contribution >= 4 is 34.8 Å². The molecule has 4 aromatic rings. The third-order valence-electron chi connectivity index (χ3n) is 7.35. The Morgan fingerprint density at radius 1 is 0.795 bits per heavy atom. The number of benzene rings is 4. The standard InChI is InChI=1S/C34H30ClN3O/c1-23(2)31(36-28-16-10-5-11-17-28)32-38-34(26-18-20-27(35)21-19-26)29(24-12-6-3-7-13-24)22-30(37-33(34)39-32)25-14-8-4-9-15-25/h3-23,29,31,36H,1-2H3/t29-,31?,34+/m0/s1. The van der Waals surface area contributed by atoms with E-state index in [0.717, 1.165) is 28.1 Å². The quantitative estimate of drug-likeness (QED) is 0.260. The zero-order valence-electron chi connectivity index (χ0n) is 22.0. The van der Waals surface area contributed by atoms with E-state index in [4.69, 9.17) is 26.3 Å². The first-order chi connectivity index (χ1) is 19.0. The molecule has 3 atom stereocenters. The first kappa shape index (κ1) is 25.1. The SMILES string of the molecule is CC(C)C(Nc1ccccc1)C1=N[C@@]2(c3ccc(Cl)cc3)C(=NC(c3ccccc3)=C[C@H]2c2ccccc2)O1. The average molecular weight is 532 g/mol. The highest BCUT2D eigenvalue weighted by Gasteiger charge is 2.54. The molecule has 194 valence electrons. The molecule has 0 saturated carbocycles. The van der Waals surface area contributed by atoms with Crippen LogP contribution in [0.1, 0.15) is 36.5 Å². The smallest absolute Gasteiger partial charge is 0.230 e. The molecule has 4 aromatic carbocycles. The van der Waals surface area contributed by atoms with Crippen molar-refractivity contribution in [2.75, 3.05) is 5.32 Å². The van der Waals surface area contributed by atoms with E-state index in [9.17, 15) is 0 Å². The Balaban J connectivity index is 1.55. The molecule has 4 nitrogen and oxygen atoms in total. The number of hydrogen-bond donors (Lipinski definition) is 1. The van der Waals surface area contributed by atoms with Crippen molar-refractivity contribution in [1.29, 1.82) is 0 Å². The number of halogens is 1. The highest BCUT2D eigenvalue weighted by atomic mass is 35.5. The van der Waals surface area contributed by atoms with Gasteiger partial charge in [-0.25, -0.2) is 9.98 Å². The second kappa shape index (κ2) is 10.5. The van der Waals surface area contributed by atoms with Gasteiger partial charge in [-0.15, -0.1) is 0 Å². The van der Waals surface area contributed by atoms with Crippen LogP contribution < -0.4 is 5.32 Å². The van der Waals surface area contributed by atoms with Crippen molar-refractivity contribution in [2.24, 2.45) is 15.9 Å². The molecule has 39 heavy (non-hydrogen) atoms. The third kappa shape index (κ3) is 4.77. The van der Waals surface area contributed by atoms with Crippen molar-refractivity contribution < 1.29 is 4.74 Å². The second-order valence-corrected chi connectivity index (χ2v) is 10.7. The van der Waals surface area contributed by atoms with Gasteiger partial charge in [0.1, 0.15) is 6.04 Å². The Hall–Kier alpha value is -4.15. The third-order valence-corrected chi connectivity index (χ3v) is 7.60. The highest BCUT2D eigenvalue weighted by molar-refractivity contribution is 6.30. The molecule has 6 rings (SSSR count). The van der Waals surface area contributed by atoms with Crippen LogP contribution in [0.5, 0.6) is 0 Å². The summed E-state index contributed by atoms with van der Waals surface area (Å²) in [6, 6.07) is 38.7. The lowest BCUT2D eigenvalue weighted by Gasteiger charge is -2.35. The zero-order valence-corrected chi connectivity index (χ0v) is 22.7. The predicted molar refractivity (Wildman–Crippen MR) is 161 cm³/mol. The summed E-state index contributed by atoms with van der Waals surface area (Å²) >= 11 is 6.34. The van der Waals surface area contributed by atoms with Crippen molar-refractivity contribution in [3.63, 3.8) is 0 Å². The average Bonchev–Trinajstić information content (AvgIpc) is 3.37. The summed E-state index contributed by atoms with van der Waals surface area (Å²) in [6.45, 7) is 4.35. The molecule has 0 spiro atoms. The summed E-state index contributed by atoms with van der Waals surface area (Å²) in [5, 5.41) is 4.33. The van der Waals surface area contributed by atoms with E-state index in [0.29, 0.717) is 16.8 Å². The molecule has 1 unspecified atom stereocenters. The maximum Gasteiger partial charge on any atom is 0.230 e. The van der Waals surface area contributed by atoms with Crippen molar-refractivity contribution in [3.8, 4) is 0 Å². The first-order valence-electron chi connectivity index (χ1n) is 13.3. The number of rotatable bonds is 7. The number of hydrogen-bond acceptors (Lipinski definition) is 4. The van der Waals surface area contributed by atoms with Gasteiger partial charge in [-0.3, -0.25) is 0 Å². The van der Waals surface area contributed by atoms with Crippen LogP contribution >= 0.6 is 11.6 Å². The Morgan fingerprint density at radius 2 is 1.41 bits per heavy atom. The van der Waals surface area contributed by atoms with E-state index < -0.39 is 5.54 Å². The molecular weight excluding hydrogens is 502 g/mol. The highest BCUT2D eigenvalue weighted by Crippen LogP contribution is 2.50. The minimum absolute atomic E-state index is 0.149. The summed E-state index contributed by atoms with van der Waals surface area (Å²) in [7, 11) is 0. The van der Waals surface area contributed by atoms with Crippen LogP contribution in [-0.2, 0) is 10.3 Å². The second-order valence-electron chi connectivity index (χ2n) is 10.3. The first-order valence-corrected chi connectivity index (χ1v) is 13.7. The van der Waals surface area contributed by atoms with E-state index in [-0.39, 0.29) is 17.9 Å². The van der Waals surface area contributed by atoms with Crippen LogP contribution in [-0.4, -0.2) is 17.8 Å². The molecule has 1 N–H and O–H groups in total. The van der Waals surface area contributed by atoms with E-state index in [1.54, 1.807) is 0 Å². The zero-order chi connectivity index (χ0) is 26.8. The lowest BCUT2D eigenvalue weighted by atomic mass is 9.72. The van der Waals surface area contributed by atoms with E-state index in [1.807, 2.05) is 66.7 Å². The summed E-state index contributed by atoms with van der Waals surface area (Å²) in [6.07, 6.45) is 2.23. The van der Waals surface area contributed by atoms with Gasteiger partial charge in [0.2, 0.25) is 11.8 Å². The Bertz CT molecular complexity index is 1530. The molecule has 2 aliphatic rings. The molecule has 2 aliphatic heterocycles. The summed E-state index contributed by atoms with van der Waals surface area (Å²) in [4.78, 5) is 10.6. The molecule has 0 amide bonds. The number of nitrogens with zero attached hydrogens (tertiary/aromatic N) is 2. The minimum Gasteiger partial charge on any atom is -0.424 e. The normalized spacial score (nSPS) is 20.8. The lowest BCUT2D eigenvalue weighted by molar-refractivity contribution is 0.456. The van der Waals surface area contributed by atoms with Crippen LogP contribution in [0.3, 0.4) is 0 Å². The Kier molecular flexibility index (Phi) is 6.80. The van der Waals surface area contributed by atoms with Crippen molar-refractivity contribution in [3.05, 3.63) is 143 Å². The Labute approximate surface area is 234 Å². The fraction of sp³-hybridized carbons (Fsp3) is 0.176. The summed E-state index contributed by atoms with van der Waals surface area (Å²) in [5.74, 6) is 1.27. The van der Waals surface area contributed by atoms with Gasteiger partial charge in [0.15, 0.2) is 5.54 Å². The van der Waals surface area contributed by atoms with Crippen molar-refractivity contribution in [1.82, 2.24) is 0 Å². The monoisotopic (exact) mass is 531 g/mol. The van der Waals surface area contributed by atoms with Crippen LogP contribution in [0.4, 0.5) is 5.69 Å². The van der Waals surface area contributed by atoms with Crippen LogP contribution in [0, 0.1) is 5.92 Å². The maximum absolute atomic E-state index is 6.72. The van der Waals surface area contributed by atoms with Gasteiger partial charge < -0.3 is 10.1 Å². The van der Waals surface area contributed by atoms with Gasteiger partial charge in [0.05, 0.1) is 5.70 Å². The number of nitrogens with one attached hydrogen (secondary N) is 1. The molecule has 0 aromatic heterocycles. The molecule has 2 heterocycles. The number of para-hydroxylation sites is 1. The largest absolute Gasteiger partial charge is 0.424 e. The molecule has 0 fully saturated rings. The fourth-order valence-corrected chi connectivity index (χ4v) is 5.48. The summed E-state index contributed by atoms with van der Waals surface area (Å²) < 4.78 is 6.72. The molecule has 0 bridgehead atoms.